The fourth-order valence-electron chi connectivity index (χ4n) is 3.37. The quantitative estimate of drug-likeness (QED) is 0.818. The number of hydrogen-bond donors (Lipinski definition) is 2. The van der Waals surface area contributed by atoms with Gasteiger partial charge in [0.05, 0.1) is 0 Å². The van der Waals surface area contributed by atoms with Crippen molar-refractivity contribution in [3.63, 3.8) is 0 Å². The first-order valence-corrected chi connectivity index (χ1v) is 7.51. The van der Waals surface area contributed by atoms with Crippen LogP contribution in [0.5, 0.6) is 0 Å². The number of nitrogens with zero attached hydrogens (tertiary/aromatic N) is 2. The number of hydrogen-bond acceptors (Lipinski definition) is 4. The summed E-state index contributed by atoms with van der Waals surface area (Å²) in [5, 5.41) is 11.0. The summed E-state index contributed by atoms with van der Waals surface area (Å²) in [5.74, 6) is 2.95. The van der Waals surface area contributed by atoms with Gasteiger partial charge in [0.2, 0.25) is 0 Å². The Kier molecular flexibility index (Phi) is 2.48. The van der Waals surface area contributed by atoms with Gasteiger partial charge in [-0.3, -0.25) is 5.10 Å². The molecule has 2 aliphatic rings. The first-order chi connectivity index (χ1) is 8.02. The average molecular weight is 256 g/mol. The van der Waals surface area contributed by atoms with Crippen molar-refractivity contribution in [2.45, 2.75) is 37.3 Å². The predicted molar refractivity (Wildman–Crippen MR) is 60.4 cm³/mol. The van der Waals surface area contributed by atoms with E-state index in [-0.39, 0.29) is 5.16 Å². The molecule has 1 aromatic heterocycles. The van der Waals surface area contributed by atoms with Gasteiger partial charge in [0.15, 0.2) is 0 Å². The zero-order chi connectivity index (χ0) is 12.0. The van der Waals surface area contributed by atoms with Crippen LogP contribution in [0.1, 0.15) is 31.5 Å². The SMILES string of the molecule is NS(=O)(=O)c1n[nH]c(CC2CC3CCC2C3)n1. The molecule has 1 heterocycles. The minimum Gasteiger partial charge on any atom is -0.262 e. The average Bonchev–Trinajstić information content (AvgIpc) is 2.89. The van der Waals surface area contributed by atoms with Crippen LogP contribution in [-0.2, 0) is 16.4 Å². The highest BCUT2D eigenvalue weighted by Crippen LogP contribution is 2.49. The van der Waals surface area contributed by atoms with Crippen molar-refractivity contribution in [2.75, 3.05) is 0 Å². The molecule has 0 saturated heterocycles. The number of rotatable bonds is 3. The van der Waals surface area contributed by atoms with Gasteiger partial charge in [-0.2, -0.15) is 0 Å². The van der Waals surface area contributed by atoms with Crippen molar-refractivity contribution < 1.29 is 8.42 Å². The van der Waals surface area contributed by atoms with E-state index in [2.05, 4.69) is 15.2 Å². The molecule has 94 valence electrons. The van der Waals surface area contributed by atoms with Crippen LogP contribution in [0.4, 0.5) is 0 Å². The van der Waals surface area contributed by atoms with Crippen LogP contribution >= 0.6 is 0 Å². The van der Waals surface area contributed by atoms with E-state index in [1.54, 1.807) is 0 Å². The molecule has 3 rings (SSSR count). The summed E-state index contributed by atoms with van der Waals surface area (Å²) in [6.45, 7) is 0. The zero-order valence-electron chi connectivity index (χ0n) is 9.46. The molecule has 3 unspecified atom stereocenters. The van der Waals surface area contributed by atoms with Crippen molar-refractivity contribution in [2.24, 2.45) is 22.9 Å². The summed E-state index contributed by atoms with van der Waals surface area (Å²) in [5.41, 5.74) is 0. The number of H-pyrrole nitrogens is 1. The zero-order valence-corrected chi connectivity index (χ0v) is 10.3. The second kappa shape index (κ2) is 3.78. The van der Waals surface area contributed by atoms with E-state index in [9.17, 15) is 8.42 Å². The van der Waals surface area contributed by atoms with Crippen LogP contribution in [0.3, 0.4) is 0 Å². The normalized spacial score (nSPS) is 32.2. The van der Waals surface area contributed by atoms with Gasteiger partial charge >= 0.3 is 0 Å². The summed E-state index contributed by atoms with van der Waals surface area (Å²) in [6, 6.07) is 0. The number of primary sulfonamides is 1. The molecule has 3 atom stereocenters. The minimum absolute atomic E-state index is 0.296. The van der Waals surface area contributed by atoms with E-state index >= 15 is 0 Å². The molecule has 0 radical (unpaired) electrons. The van der Waals surface area contributed by atoms with E-state index in [0.717, 1.165) is 18.3 Å². The molecule has 0 spiro atoms. The van der Waals surface area contributed by atoms with Crippen LogP contribution in [0.15, 0.2) is 5.16 Å². The van der Waals surface area contributed by atoms with E-state index < -0.39 is 10.0 Å². The number of nitrogens with two attached hydrogens (primary N) is 1. The smallest absolute Gasteiger partial charge is 0.262 e. The molecule has 0 aromatic carbocycles. The van der Waals surface area contributed by atoms with Gasteiger partial charge < -0.3 is 0 Å². The summed E-state index contributed by atoms with van der Waals surface area (Å²) in [6.07, 6.45) is 6.05. The molecule has 2 saturated carbocycles. The van der Waals surface area contributed by atoms with Crippen LogP contribution in [0, 0.1) is 17.8 Å². The van der Waals surface area contributed by atoms with Crippen LogP contribution in [0.25, 0.3) is 0 Å². The Bertz CT molecular complexity index is 524. The maximum atomic E-state index is 11.0. The highest BCUT2D eigenvalue weighted by molar-refractivity contribution is 7.89. The third-order valence-corrected chi connectivity index (χ3v) is 4.80. The lowest BCUT2D eigenvalue weighted by Gasteiger charge is -2.19. The Hall–Kier alpha value is -0.950. The van der Waals surface area contributed by atoms with Crippen molar-refractivity contribution in [3.8, 4) is 0 Å². The minimum atomic E-state index is -3.78. The first-order valence-electron chi connectivity index (χ1n) is 5.96. The topological polar surface area (TPSA) is 102 Å². The van der Waals surface area contributed by atoms with Gasteiger partial charge in [0, 0.05) is 6.42 Å². The van der Waals surface area contributed by atoms with Gasteiger partial charge in [-0.05, 0) is 37.0 Å². The van der Waals surface area contributed by atoms with E-state index in [4.69, 9.17) is 5.14 Å². The third kappa shape index (κ3) is 2.09. The van der Waals surface area contributed by atoms with Crippen molar-refractivity contribution in [1.29, 1.82) is 0 Å². The lowest BCUT2D eigenvalue weighted by molar-refractivity contribution is 0.327. The molecule has 0 amide bonds. The molecule has 2 aliphatic carbocycles. The number of fused-ring (bicyclic) bond motifs is 2. The van der Waals surface area contributed by atoms with Crippen molar-refractivity contribution in [3.05, 3.63) is 5.82 Å². The summed E-state index contributed by atoms with van der Waals surface area (Å²) < 4.78 is 22.1. The Morgan fingerprint density at radius 3 is 2.71 bits per heavy atom. The predicted octanol–water partition coefficient (Wildman–Crippen LogP) is 0.431. The molecule has 1 aromatic rings. The number of sulfonamides is 1. The van der Waals surface area contributed by atoms with Gasteiger partial charge in [0.1, 0.15) is 5.82 Å². The second-order valence-corrected chi connectivity index (χ2v) is 6.70. The molecule has 7 heteroatoms. The summed E-state index contributed by atoms with van der Waals surface area (Å²) >= 11 is 0. The molecular formula is C10H16N4O2S. The van der Waals surface area contributed by atoms with E-state index in [1.165, 1.54) is 25.7 Å². The highest BCUT2D eigenvalue weighted by atomic mass is 32.2. The molecule has 2 bridgehead atoms. The number of aromatic amines is 1. The fourth-order valence-corrected chi connectivity index (χ4v) is 3.78. The van der Waals surface area contributed by atoms with Gasteiger partial charge in [-0.15, -0.1) is 5.10 Å². The Morgan fingerprint density at radius 1 is 1.35 bits per heavy atom. The fraction of sp³-hybridized carbons (Fsp3) is 0.800. The summed E-state index contributed by atoms with van der Waals surface area (Å²) in [7, 11) is -3.78. The van der Waals surface area contributed by atoms with Crippen LogP contribution in [0.2, 0.25) is 0 Å². The highest BCUT2D eigenvalue weighted by Gasteiger charge is 2.39. The Labute approximate surface area is 100 Å². The molecule has 2 fully saturated rings. The monoisotopic (exact) mass is 256 g/mol. The molecule has 3 N–H and O–H groups in total. The Morgan fingerprint density at radius 2 is 2.18 bits per heavy atom. The maximum absolute atomic E-state index is 11.0. The standard InChI is InChI=1S/C10H16N4O2S/c11-17(15,16)10-12-9(13-14-10)5-8-4-6-1-2-7(8)3-6/h6-8H,1-5H2,(H2,11,15,16)(H,12,13,14). The maximum Gasteiger partial charge on any atom is 0.282 e. The Balaban J connectivity index is 1.72. The van der Waals surface area contributed by atoms with Crippen LogP contribution < -0.4 is 5.14 Å². The lowest BCUT2D eigenvalue weighted by Crippen LogP contribution is -2.15. The van der Waals surface area contributed by atoms with Gasteiger partial charge in [0.25, 0.3) is 15.2 Å². The number of nitrogens with one attached hydrogen (secondary N) is 1. The lowest BCUT2D eigenvalue weighted by atomic mass is 9.86. The third-order valence-electron chi connectivity index (χ3n) is 4.11. The largest absolute Gasteiger partial charge is 0.282 e. The first kappa shape index (κ1) is 11.2. The van der Waals surface area contributed by atoms with E-state index in [0.29, 0.717) is 11.7 Å². The molecule has 0 aliphatic heterocycles. The summed E-state index contributed by atoms with van der Waals surface area (Å²) in [4.78, 5) is 3.95. The number of aromatic nitrogens is 3. The van der Waals surface area contributed by atoms with Crippen molar-refractivity contribution in [1.82, 2.24) is 15.2 Å². The van der Waals surface area contributed by atoms with Gasteiger partial charge in [-0.25, -0.2) is 18.5 Å². The van der Waals surface area contributed by atoms with Gasteiger partial charge in [-0.1, -0.05) is 6.42 Å². The molecule has 6 nitrogen and oxygen atoms in total. The van der Waals surface area contributed by atoms with E-state index in [1.807, 2.05) is 0 Å². The molecule has 17 heavy (non-hydrogen) atoms. The van der Waals surface area contributed by atoms with Crippen LogP contribution in [-0.4, -0.2) is 23.6 Å². The second-order valence-electron chi connectivity index (χ2n) is 5.25. The van der Waals surface area contributed by atoms with Crippen molar-refractivity contribution >= 4 is 10.0 Å². The molecular weight excluding hydrogens is 240 g/mol.